The van der Waals surface area contributed by atoms with Crippen LogP contribution in [0.4, 0.5) is 0 Å². The van der Waals surface area contributed by atoms with E-state index in [4.69, 9.17) is 5.11 Å². The zero-order valence-electron chi connectivity index (χ0n) is 16.0. The van der Waals surface area contributed by atoms with Crippen LogP contribution in [0.25, 0.3) is 0 Å². The van der Waals surface area contributed by atoms with E-state index >= 15 is 0 Å². The van der Waals surface area contributed by atoms with Crippen molar-refractivity contribution in [2.45, 2.75) is 36.8 Å². The summed E-state index contributed by atoms with van der Waals surface area (Å²) in [5.74, 6) is 0. The molecular formula is C9H16O19P4V2-4. The zero-order valence-corrected chi connectivity index (χ0v) is 22.4. The third-order valence-corrected chi connectivity index (χ3v) is 9.15. The van der Waals surface area contributed by atoms with E-state index in [0.717, 1.165) is 6.61 Å². The van der Waals surface area contributed by atoms with E-state index in [1.165, 1.54) is 0 Å². The Labute approximate surface area is 214 Å². The van der Waals surface area contributed by atoms with Crippen molar-refractivity contribution >= 4 is 31.3 Å². The average Bonchev–Trinajstić information content (AvgIpc) is 3.06. The van der Waals surface area contributed by atoms with Crippen LogP contribution < -0.4 is 9.79 Å². The summed E-state index contributed by atoms with van der Waals surface area (Å²) < 4.78 is 74.3. The summed E-state index contributed by atoms with van der Waals surface area (Å²) in [5, 5.41) is 37.1. The Kier molecular flexibility index (Phi) is 14.1. The van der Waals surface area contributed by atoms with Crippen molar-refractivity contribution in [3.63, 3.8) is 0 Å². The van der Waals surface area contributed by atoms with Crippen LogP contribution in [0.2, 0.25) is 0 Å². The van der Waals surface area contributed by atoms with E-state index in [2.05, 4.69) is 31.5 Å². The van der Waals surface area contributed by atoms with Gasteiger partial charge in [0.2, 0.25) is 0 Å². The first-order valence-electron chi connectivity index (χ1n) is 7.86. The van der Waals surface area contributed by atoms with Crippen LogP contribution in [0.1, 0.15) is 0 Å². The van der Waals surface area contributed by atoms with E-state index < -0.39 is 74.7 Å². The molecule has 2 rings (SSSR count). The van der Waals surface area contributed by atoms with Gasteiger partial charge in [0.1, 0.15) is 6.10 Å². The second-order valence-corrected chi connectivity index (χ2v) is 12.0. The molecule has 2 aliphatic rings. The Bertz CT molecular complexity index is 858. The molecule has 0 spiro atoms. The summed E-state index contributed by atoms with van der Waals surface area (Å²) in [5.41, 5.74) is 0. The summed E-state index contributed by atoms with van der Waals surface area (Å²) >= 11 is 0. The molecule has 25 heteroatoms. The van der Waals surface area contributed by atoms with Crippen LogP contribution in [0, 0.1) is 13.2 Å². The summed E-state index contributed by atoms with van der Waals surface area (Å²) in [6.45, 7) is 0.299. The van der Waals surface area contributed by atoms with Crippen LogP contribution in [-0.4, -0.2) is 73.6 Å². The SMILES string of the molecule is O=P([O-])(OP(=O)([O-])OP(=O)(O)O[C@H]1O[CH-]C(O)C1O)OP(=O)(O)OC[C@H]1O[CH-][C@@H](O)C1O.[V].[V]. The standard InChI is InChI=1S/C9H18O19P4.2V/c10-4-1-22-6(7(4)12)3-24-29(14,15)26-31(18,19)28-32(20,21)27-30(16,17)25-9-8(13)5(11)2-23-9;;/h1-2,4-13H,3H2,(H,14,15)(H,16,17)(H,18,19)(H,20,21);;/q-2;;/p-2/t4-,5?,6-,7?,8?,9-;;/m1../s1. The minimum atomic E-state index is -6.36. The summed E-state index contributed by atoms with van der Waals surface area (Å²) in [6.07, 6.45) is -10.2. The van der Waals surface area contributed by atoms with Gasteiger partial charge in [-0.15, -0.1) is 0 Å². The first-order valence-corrected chi connectivity index (χ1v) is 13.8. The molecule has 0 aromatic carbocycles. The van der Waals surface area contributed by atoms with Crippen molar-refractivity contribution in [1.82, 2.24) is 0 Å². The molecule has 2 saturated heterocycles. The van der Waals surface area contributed by atoms with Gasteiger partial charge in [-0.3, -0.25) is 18.2 Å². The van der Waals surface area contributed by atoms with Gasteiger partial charge in [-0.2, -0.15) is 13.2 Å². The second kappa shape index (κ2) is 13.5. The Balaban J connectivity index is 0.00000544. The maximum Gasteiger partial charge on any atom is 0.481 e. The number of aliphatic hydroxyl groups excluding tert-OH is 4. The van der Waals surface area contributed by atoms with Crippen molar-refractivity contribution in [2.24, 2.45) is 0 Å². The topological polar surface area (TPSA) is 300 Å². The van der Waals surface area contributed by atoms with Crippen LogP contribution in [0.15, 0.2) is 0 Å². The summed E-state index contributed by atoms with van der Waals surface area (Å²) in [6, 6.07) is 0. The number of ether oxygens (including phenoxy) is 2. The van der Waals surface area contributed by atoms with Crippen molar-refractivity contribution in [3.05, 3.63) is 13.2 Å². The van der Waals surface area contributed by atoms with Gasteiger partial charge in [0.15, 0.2) is 6.29 Å². The van der Waals surface area contributed by atoms with Gasteiger partial charge in [-0.1, -0.05) is 0 Å². The molecule has 10 atom stereocenters. The van der Waals surface area contributed by atoms with Crippen molar-refractivity contribution < 1.29 is 127 Å². The molecule has 2 fully saturated rings. The second-order valence-electron chi connectivity index (χ2n) is 5.89. The van der Waals surface area contributed by atoms with Crippen LogP contribution in [-0.2, 0) is 86.8 Å². The van der Waals surface area contributed by atoms with Gasteiger partial charge in [-0.25, -0.2) is 22.1 Å². The van der Waals surface area contributed by atoms with Crippen LogP contribution in [0.3, 0.4) is 0 Å². The maximum absolute atomic E-state index is 11.7. The largest absolute Gasteiger partial charge is 0.756 e. The Morgan fingerprint density at radius 3 is 1.68 bits per heavy atom. The minimum Gasteiger partial charge on any atom is -0.756 e. The molecule has 0 aliphatic carbocycles. The number of phosphoric acid groups is 4. The van der Waals surface area contributed by atoms with Gasteiger partial charge in [0.25, 0.3) is 15.6 Å². The van der Waals surface area contributed by atoms with Gasteiger partial charge in [0.05, 0.1) is 18.8 Å². The maximum atomic E-state index is 11.7. The minimum absolute atomic E-state index is 0. The van der Waals surface area contributed by atoms with Gasteiger partial charge in [0, 0.05) is 37.1 Å². The quantitative estimate of drug-likeness (QED) is 0.0940. The zero-order chi connectivity index (χ0) is 24.5. The number of hydrogen-bond acceptors (Lipinski definition) is 17. The van der Waals surface area contributed by atoms with Crippen LogP contribution in [0.5, 0.6) is 0 Å². The molecule has 2 heterocycles. The number of rotatable bonds is 11. The Morgan fingerprint density at radius 2 is 1.24 bits per heavy atom. The van der Waals surface area contributed by atoms with E-state index in [1.807, 2.05) is 0 Å². The van der Waals surface area contributed by atoms with Gasteiger partial charge in [-0.05, 0) is 12.2 Å². The molecule has 0 aromatic heterocycles. The molecule has 34 heavy (non-hydrogen) atoms. The van der Waals surface area contributed by atoms with Crippen molar-refractivity contribution in [2.75, 3.05) is 6.61 Å². The van der Waals surface area contributed by atoms with E-state index in [-0.39, 0.29) is 37.1 Å². The van der Waals surface area contributed by atoms with Gasteiger partial charge >= 0.3 is 15.6 Å². The van der Waals surface area contributed by atoms with E-state index in [0.29, 0.717) is 6.61 Å². The van der Waals surface area contributed by atoms with E-state index in [9.17, 15) is 53.2 Å². The normalized spacial score (nSPS) is 36.2. The molecular weight excluding hydrogens is 638 g/mol. The van der Waals surface area contributed by atoms with Crippen molar-refractivity contribution in [3.8, 4) is 0 Å². The Morgan fingerprint density at radius 1 is 0.765 bits per heavy atom. The predicted molar refractivity (Wildman–Crippen MR) is 87.5 cm³/mol. The predicted octanol–water partition coefficient (Wildman–Crippen LogP) is -3.28. The first-order chi connectivity index (χ1) is 14.4. The first kappa shape index (κ1) is 35.5. The number of aliphatic hydroxyl groups is 4. The fraction of sp³-hybridized carbons (Fsp3) is 0.778. The smallest absolute Gasteiger partial charge is 0.481 e. The fourth-order valence-corrected chi connectivity index (χ4v) is 6.91. The number of phosphoric ester groups is 2. The molecule has 6 N–H and O–H groups in total. The molecule has 2 radical (unpaired) electrons. The molecule has 0 bridgehead atoms. The third-order valence-electron chi connectivity index (χ3n) is 3.35. The molecule has 7 unspecified atom stereocenters. The number of hydrogen-bond donors (Lipinski definition) is 6. The van der Waals surface area contributed by atoms with Crippen molar-refractivity contribution in [1.29, 1.82) is 0 Å². The fourth-order valence-electron chi connectivity index (χ4n) is 2.01. The summed E-state index contributed by atoms with van der Waals surface area (Å²) in [7, 11) is -24.1. The molecule has 200 valence electrons. The molecule has 2 aliphatic heterocycles. The molecule has 19 nitrogen and oxygen atoms in total. The van der Waals surface area contributed by atoms with Gasteiger partial charge < -0.3 is 49.5 Å². The average molecular weight is 654 g/mol. The van der Waals surface area contributed by atoms with Crippen LogP contribution >= 0.6 is 31.3 Å². The third kappa shape index (κ3) is 11.1. The summed E-state index contributed by atoms with van der Waals surface area (Å²) in [4.78, 5) is 41.8. The molecule has 0 amide bonds. The molecule has 0 aromatic rings. The van der Waals surface area contributed by atoms with E-state index in [1.54, 1.807) is 0 Å². The monoisotopic (exact) mass is 654 g/mol. The Hall–Kier alpha value is 1.49. The molecule has 0 saturated carbocycles.